The zero-order chi connectivity index (χ0) is 13.7. The van der Waals surface area contributed by atoms with E-state index in [0.29, 0.717) is 17.9 Å². The molecule has 0 aliphatic heterocycles. The number of rotatable bonds is 5. The van der Waals surface area contributed by atoms with Gasteiger partial charge in [0.25, 0.3) is 0 Å². The first-order chi connectivity index (χ1) is 8.49. The quantitative estimate of drug-likeness (QED) is 0.790. The lowest BCUT2D eigenvalue weighted by Crippen LogP contribution is -2.21. The Morgan fingerprint density at radius 3 is 2.61 bits per heavy atom. The molecule has 0 spiro atoms. The second kappa shape index (κ2) is 6.19. The molecule has 0 amide bonds. The van der Waals surface area contributed by atoms with Gasteiger partial charge in [-0.3, -0.25) is 0 Å². The van der Waals surface area contributed by atoms with Crippen LogP contribution >= 0.6 is 0 Å². The summed E-state index contributed by atoms with van der Waals surface area (Å²) in [5.74, 6) is 1.49. The van der Waals surface area contributed by atoms with Gasteiger partial charge in [-0.2, -0.15) is 0 Å². The van der Waals surface area contributed by atoms with Crippen LogP contribution in [0.4, 0.5) is 0 Å². The minimum atomic E-state index is -0.428. The van der Waals surface area contributed by atoms with E-state index in [0.717, 1.165) is 11.3 Å². The van der Waals surface area contributed by atoms with Crippen molar-refractivity contribution in [3.63, 3.8) is 0 Å². The van der Waals surface area contributed by atoms with Crippen LogP contribution in [0.3, 0.4) is 0 Å². The highest BCUT2D eigenvalue weighted by atomic mass is 16.5. The molecule has 0 aliphatic carbocycles. The van der Waals surface area contributed by atoms with Crippen molar-refractivity contribution in [1.82, 2.24) is 0 Å². The van der Waals surface area contributed by atoms with Crippen LogP contribution in [0.15, 0.2) is 29.7 Å². The van der Waals surface area contributed by atoms with Gasteiger partial charge in [0, 0.05) is 11.8 Å². The third-order valence-electron chi connectivity index (χ3n) is 2.74. The fourth-order valence-corrected chi connectivity index (χ4v) is 1.62. The van der Waals surface area contributed by atoms with E-state index in [9.17, 15) is 5.11 Å². The number of ether oxygens (including phenoxy) is 2. The topological polar surface area (TPSA) is 64.7 Å². The SMILES string of the molecule is CCC(Oc1ccc(C)c(OC)c1)/C(O)=C(\C)N. The fraction of sp³-hybridized carbons (Fsp3) is 0.429. The Labute approximate surface area is 108 Å². The van der Waals surface area contributed by atoms with E-state index in [1.165, 1.54) is 0 Å². The van der Waals surface area contributed by atoms with Gasteiger partial charge in [-0.05, 0) is 31.9 Å². The molecule has 0 bridgehead atoms. The van der Waals surface area contributed by atoms with E-state index in [4.69, 9.17) is 15.2 Å². The fourth-order valence-electron chi connectivity index (χ4n) is 1.62. The Morgan fingerprint density at radius 2 is 2.11 bits per heavy atom. The third-order valence-corrected chi connectivity index (χ3v) is 2.74. The molecule has 1 atom stereocenters. The average molecular weight is 251 g/mol. The number of nitrogens with two attached hydrogens (primary N) is 1. The standard InChI is InChI=1S/C14H21NO3/c1-5-12(14(16)10(3)15)18-11-7-6-9(2)13(8-11)17-4/h6-8,12,16H,5,15H2,1-4H3/b14-10-. The minimum Gasteiger partial charge on any atom is -0.507 e. The highest BCUT2D eigenvalue weighted by Gasteiger charge is 2.15. The zero-order valence-electron chi connectivity index (χ0n) is 11.4. The van der Waals surface area contributed by atoms with E-state index in [1.54, 1.807) is 20.1 Å². The van der Waals surface area contributed by atoms with Crippen molar-refractivity contribution in [3.05, 3.63) is 35.2 Å². The number of allylic oxidation sites excluding steroid dienone is 1. The molecule has 4 heteroatoms. The van der Waals surface area contributed by atoms with E-state index in [-0.39, 0.29) is 5.76 Å². The molecular weight excluding hydrogens is 230 g/mol. The Balaban J connectivity index is 2.92. The van der Waals surface area contributed by atoms with Crippen molar-refractivity contribution < 1.29 is 14.6 Å². The van der Waals surface area contributed by atoms with Crippen molar-refractivity contribution in [2.24, 2.45) is 5.73 Å². The first-order valence-corrected chi connectivity index (χ1v) is 5.96. The predicted octanol–water partition coefficient (Wildman–Crippen LogP) is 2.91. The number of aliphatic hydroxyl groups is 1. The van der Waals surface area contributed by atoms with E-state index in [1.807, 2.05) is 26.0 Å². The van der Waals surface area contributed by atoms with Crippen LogP contribution in [0.1, 0.15) is 25.8 Å². The van der Waals surface area contributed by atoms with Crippen molar-refractivity contribution in [1.29, 1.82) is 0 Å². The molecule has 0 aromatic heterocycles. The smallest absolute Gasteiger partial charge is 0.157 e. The molecule has 0 aliphatic rings. The number of methoxy groups -OCH3 is 1. The molecule has 0 heterocycles. The number of aryl methyl sites for hydroxylation is 1. The predicted molar refractivity (Wildman–Crippen MR) is 72.0 cm³/mol. The Kier molecular flexibility index (Phi) is 4.89. The van der Waals surface area contributed by atoms with Crippen LogP contribution in [-0.2, 0) is 0 Å². The number of hydrogen-bond acceptors (Lipinski definition) is 4. The van der Waals surface area contributed by atoms with E-state index in [2.05, 4.69) is 0 Å². The second-order valence-electron chi connectivity index (χ2n) is 4.21. The zero-order valence-corrected chi connectivity index (χ0v) is 11.4. The molecule has 3 N–H and O–H groups in total. The number of benzene rings is 1. The second-order valence-corrected chi connectivity index (χ2v) is 4.21. The summed E-state index contributed by atoms with van der Waals surface area (Å²) in [6, 6.07) is 5.56. The molecule has 1 aromatic carbocycles. The third kappa shape index (κ3) is 3.32. The van der Waals surface area contributed by atoms with E-state index >= 15 is 0 Å². The summed E-state index contributed by atoms with van der Waals surface area (Å²) in [5, 5.41) is 9.83. The molecular formula is C14H21NO3. The Hall–Kier alpha value is -1.84. The molecule has 4 nitrogen and oxygen atoms in total. The van der Waals surface area contributed by atoms with Gasteiger partial charge in [-0.1, -0.05) is 13.0 Å². The van der Waals surface area contributed by atoms with Gasteiger partial charge in [-0.15, -0.1) is 0 Å². The first-order valence-electron chi connectivity index (χ1n) is 5.96. The van der Waals surface area contributed by atoms with Gasteiger partial charge in [0.05, 0.1) is 7.11 Å². The summed E-state index contributed by atoms with van der Waals surface area (Å²) >= 11 is 0. The summed E-state index contributed by atoms with van der Waals surface area (Å²) in [4.78, 5) is 0. The van der Waals surface area contributed by atoms with Gasteiger partial charge in [0.1, 0.15) is 11.5 Å². The summed E-state index contributed by atoms with van der Waals surface area (Å²) in [5.41, 5.74) is 6.98. The minimum absolute atomic E-state index is 0.0806. The van der Waals surface area contributed by atoms with Crippen LogP contribution in [0.25, 0.3) is 0 Å². The largest absolute Gasteiger partial charge is 0.507 e. The van der Waals surface area contributed by atoms with Crippen molar-refractivity contribution >= 4 is 0 Å². The molecule has 0 saturated carbocycles. The highest BCUT2D eigenvalue weighted by molar-refractivity contribution is 5.40. The lowest BCUT2D eigenvalue weighted by atomic mass is 10.2. The first kappa shape index (κ1) is 14.2. The lowest BCUT2D eigenvalue weighted by molar-refractivity contribution is 0.168. The van der Waals surface area contributed by atoms with Gasteiger partial charge in [-0.25, -0.2) is 0 Å². The maximum absolute atomic E-state index is 9.83. The van der Waals surface area contributed by atoms with E-state index < -0.39 is 6.10 Å². The van der Waals surface area contributed by atoms with Crippen LogP contribution in [0.5, 0.6) is 11.5 Å². The molecule has 1 unspecified atom stereocenters. The molecule has 0 radical (unpaired) electrons. The van der Waals surface area contributed by atoms with Crippen molar-refractivity contribution in [2.45, 2.75) is 33.3 Å². The summed E-state index contributed by atoms with van der Waals surface area (Å²) in [6.45, 7) is 5.54. The Bertz CT molecular complexity index is 437. The average Bonchev–Trinajstić information content (AvgIpc) is 2.36. The molecule has 100 valence electrons. The monoisotopic (exact) mass is 251 g/mol. The van der Waals surface area contributed by atoms with Gasteiger partial charge in [0.2, 0.25) is 0 Å². The molecule has 0 saturated heterocycles. The highest BCUT2D eigenvalue weighted by Crippen LogP contribution is 2.26. The Morgan fingerprint density at radius 1 is 1.44 bits per heavy atom. The van der Waals surface area contributed by atoms with Crippen LogP contribution in [0.2, 0.25) is 0 Å². The number of hydrogen-bond donors (Lipinski definition) is 2. The van der Waals surface area contributed by atoms with Crippen molar-refractivity contribution in [3.8, 4) is 11.5 Å². The maximum Gasteiger partial charge on any atom is 0.157 e. The van der Waals surface area contributed by atoms with Gasteiger partial charge in [0.15, 0.2) is 11.9 Å². The normalized spacial score (nSPS) is 13.8. The van der Waals surface area contributed by atoms with Gasteiger partial charge >= 0.3 is 0 Å². The lowest BCUT2D eigenvalue weighted by Gasteiger charge is -2.18. The van der Waals surface area contributed by atoms with Gasteiger partial charge < -0.3 is 20.3 Å². The molecule has 1 aromatic rings. The number of aliphatic hydroxyl groups excluding tert-OH is 1. The molecule has 18 heavy (non-hydrogen) atoms. The van der Waals surface area contributed by atoms with Crippen LogP contribution < -0.4 is 15.2 Å². The van der Waals surface area contributed by atoms with Crippen molar-refractivity contribution in [2.75, 3.05) is 7.11 Å². The summed E-state index contributed by atoms with van der Waals surface area (Å²) < 4.78 is 10.9. The summed E-state index contributed by atoms with van der Waals surface area (Å²) in [6.07, 6.45) is 0.207. The van der Waals surface area contributed by atoms with Crippen LogP contribution in [-0.4, -0.2) is 18.3 Å². The molecule has 0 fully saturated rings. The summed E-state index contributed by atoms with van der Waals surface area (Å²) in [7, 11) is 1.62. The van der Waals surface area contributed by atoms with Crippen LogP contribution in [0, 0.1) is 6.92 Å². The molecule has 1 rings (SSSR count). The maximum atomic E-state index is 9.83.